The summed E-state index contributed by atoms with van der Waals surface area (Å²) in [4.78, 5) is 35.7. The zero-order valence-electron chi connectivity index (χ0n) is 36.8. The summed E-state index contributed by atoms with van der Waals surface area (Å²) in [5, 5.41) is 50.1. The van der Waals surface area contributed by atoms with Gasteiger partial charge in [0.15, 0.2) is 6.10 Å². The molecular weight excluding hydrogens is 779 g/mol. The summed E-state index contributed by atoms with van der Waals surface area (Å²) in [6, 6.07) is 0. The number of esters is 2. The fourth-order valence-corrected chi connectivity index (χ4v) is 8.26. The molecule has 13 nitrogen and oxygen atoms in total. The molecule has 0 heterocycles. The molecule has 348 valence electrons. The summed E-state index contributed by atoms with van der Waals surface area (Å²) in [5.74, 6) is -1.10. The van der Waals surface area contributed by atoms with Crippen molar-refractivity contribution in [2.24, 2.45) is 0 Å². The van der Waals surface area contributed by atoms with E-state index in [-0.39, 0.29) is 12.8 Å². The number of unbranched alkanes of at least 4 members (excludes halogenated alkanes) is 25. The standard InChI is InChI=1S/C45H85O13P/c1-3-5-7-9-11-13-15-17-18-19-20-22-24-26-28-30-32-34-39(47)57-37(36-56-59(53,54)58-45-43(51)41(49)40(48)42(50)44(45)52)35-55-38(46)33-31-29-27-25-23-21-16-14-12-10-8-6-4-2/h14,16,37,40-45,48-52H,3-13,15,17-36H2,1-2H3,(H,53,54)/b16-14+/t37-,40?,41+,42?,43?,44?,45?/m1/s1. The highest BCUT2D eigenvalue weighted by atomic mass is 31.2. The second-order valence-electron chi connectivity index (χ2n) is 16.6. The number of carbonyl (C=O) groups is 2. The van der Waals surface area contributed by atoms with Crippen LogP contribution < -0.4 is 0 Å². The summed E-state index contributed by atoms with van der Waals surface area (Å²) >= 11 is 0. The van der Waals surface area contributed by atoms with Gasteiger partial charge in [0.05, 0.1) is 6.61 Å². The Bertz CT molecular complexity index is 1090. The maximum Gasteiger partial charge on any atom is 0.472 e. The van der Waals surface area contributed by atoms with Gasteiger partial charge < -0.3 is 39.9 Å². The molecule has 1 aliphatic rings. The zero-order chi connectivity index (χ0) is 43.6. The minimum atomic E-state index is -5.11. The van der Waals surface area contributed by atoms with E-state index >= 15 is 0 Å². The quantitative estimate of drug-likeness (QED) is 0.0148. The first-order chi connectivity index (χ1) is 28.4. The number of aliphatic hydroxyl groups is 5. The number of phosphoric acid groups is 1. The Morgan fingerprint density at radius 1 is 0.508 bits per heavy atom. The number of phosphoric ester groups is 1. The van der Waals surface area contributed by atoms with Crippen molar-refractivity contribution < 1.29 is 63.1 Å². The van der Waals surface area contributed by atoms with Gasteiger partial charge >= 0.3 is 19.8 Å². The molecule has 6 N–H and O–H groups in total. The molecule has 0 amide bonds. The molecule has 1 aliphatic carbocycles. The van der Waals surface area contributed by atoms with Crippen molar-refractivity contribution in [3.63, 3.8) is 0 Å². The van der Waals surface area contributed by atoms with Gasteiger partial charge in [-0.1, -0.05) is 167 Å². The van der Waals surface area contributed by atoms with Gasteiger partial charge in [-0.25, -0.2) is 4.57 Å². The van der Waals surface area contributed by atoms with Crippen molar-refractivity contribution in [2.75, 3.05) is 13.2 Å². The minimum absolute atomic E-state index is 0.101. The molecule has 0 bridgehead atoms. The molecular formula is C45H85O13P. The fourth-order valence-electron chi connectivity index (χ4n) is 7.28. The van der Waals surface area contributed by atoms with Crippen LogP contribution in [0.1, 0.15) is 206 Å². The van der Waals surface area contributed by atoms with Crippen LogP contribution in [0.15, 0.2) is 12.2 Å². The number of ether oxygens (including phenoxy) is 2. The van der Waals surface area contributed by atoms with Crippen molar-refractivity contribution in [3.8, 4) is 0 Å². The Balaban J connectivity index is 2.44. The van der Waals surface area contributed by atoms with Gasteiger partial charge in [-0.3, -0.25) is 18.6 Å². The lowest BCUT2D eigenvalue weighted by atomic mass is 9.85. The van der Waals surface area contributed by atoms with Crippen molar-refractivity contribution in [3.05, 3.63) is 12.2 Å². The number of rotatable bonds is 39. The normalized spacial score (nSPS) is 22.4. The van der Waals surface area contributed by atoms with Gasteiger partial charge in [-0.05, 0) is 38.5 Å². The molecule has 0 radical (unpaired) electrons. The van der Waals surface area contributed by atoms with Crippen molar-refractivity contribution >= 4 is 19.8 Å². The first-order valence-electron chi connectivity index (χ1n) is 23.5. The second-order valence-corrected chi connectivity index (χ2v) is 18.0. The summed E-state index contributed by atoms with van der Waals surface area (Å²) in [6.45, 7) is 3.29. The average Bonchev–Trinajstić information content (AvgIpc) is 3.21. The number of aliphatic hydroxyl groups excluding tert-OH is 5. The Morgan fingerprint density at radius 3 is 1.31 bits per heavy atom. The average molecular weight is 865 g/mol. The molecule has 0 aromatic heterocycles. The second kappa shape index (κ2) is 36.1. The lowest BCUT2D eigenvalue weighted by Gasteiger charge is -2.41. The zero-order valence-corrected chi connectivity index (χ0v) is 37.7. The molecule has 1 rings (SSSR count). The predicted octanol–water partition coefficient (Wildman–Crippen LogP) is 9.06. The number of carbonyl (C=O) groups excluding carboxylic acids is 2. The third-order valence-electron chi connectivity index (χ3n) is 11.1. The third-order valence-corrected chi connectivity index (χ3v) is 12.1. The van der Waals surface area contributed by atoms with E-state index in [4.69, 9.17) is 18.5 Å². The molecule has 59 heavy (non-hydrogen) atoms. The van der Waals surface area contributed by atoms with Crippen LogP contribution >= 0.6 is 7.82 Å². The Hall–Kier alpha value is -1.41. The number of hydrogen-bond acceptors (Lipinski definition) is 12. The van der Waals surface area contributed by atoms with E-state index in [0.29, 0.717) is 12.8 Å². The summed E-state index contributed by atoms with van der Waals surface area (Å²) in [5.41, 5.74) is 0. The van der Waals surface area contributed by atoms with Gasteiger partial charge in [-0.15, -0.1) is 0 Å². The van der Waals surface area contributed by atoms with Crippen LogP contribution in [0.2, 0.25) is 0 Å². The SMILES string of the molecule is CCCCCC/C=C/CCCCCCCC(=O)OC[C@H](COP(=O)(O)OC1C(O)C(O)C(O)[C@H](O)C1O)OC(=O)CCCCCCCCCCCCCCCCCCC. The van der Waals surface area contributed by atoms with Crippen LogP contribution in [-0.2, 0) is 32.7 Å². The van der Waals surface area contributed by atoms with E-state index in [0.717, 1.165) is 57.8 Å². The first kappa shape index (κ1) is 55.6. The van der Waals surface area contributed by atoms with Crippen LogP contribution in [0, 0.1) is 0 Å². The lowest BCUT2D eigenvalue weighted by molar-refractivity contribution is -0.220. The summed E-state index contributed by atoms with van der Waals surface area (Å²) in [6.07, 6.45) is 24.1. The van der Waals surface area contributed by atoms with E-state index < -0.39 is 75.7 Å². The third kappa shape index (κ3) is 28.7. The van der Waals surface area contributed by atoms with Crippen molar-refractivity contribution in [1.29, 1.82) is 0 Å². The molecule has 14 heteroatoms. The molecule has 0 spiro atoms. The van der Waals surface area contributed by atoms with Gasteiger partial charge in [0.1, 0.15) is 43.2 Å². The molecule has 0 aromatic carbocycles. The molecule has 0 aromatic rings. The number of allylic oxidation sites excluding steroid dienone is 2. The molecule has 0 aliphatic heterocycles. The topological polar surface area (TPSA) is 210 Å². The minimum Gasteiger partial charge on any atom is -0.462 e. The van der Waals surface area contributed by atoms with Gasteiger partial charge in [0.2, 0.25) is 0 Å². The fraction of sp³-hybridized carbons (Fsp3) is 0.911. The van der Waals surface area contributed by atoms with E-state index in [2.05, 4.69) is 26.0 Å². The molecule has 1 saturated carbocycles. The molecule has 0 saturated heterocycles. The van der Waals surface area contributed by atoms with Crippen LogP contribution in [0.5, 0.6) is 0 Å². The molecule has 6 unspecified atom stereocenters. The lowest BCUT2D eigenvalue weighted by Crippen LogP contribution is -2.64. The van der Waals surface area contributed by atoms with Crippen molar-refractivity contribution in [2.45, 2.75) is 249 Å². The maximum atomic E-state index is 12.8. The van der Waals surface area contributed by atoms with E-state index in [1.165, 1.54) is 109 Å². The highest BCUT2D eigenvalue weighted by Crippen LogP contribution is 2.47. The largest absolute Gasteiger partial charge is 0.472 e. The first-order valence-corrected chi connectivity index (χ1v) is 25.0. The van der Waals surface area contributed by atoms with Crippen LogP contribution in [0.3, 0.4) is 0 Å². The Morgan fingerprint density at radius 2 is 0.864 bits per heavy atom. The summed E-state index contributed by atoms with van der Waals surface area (Å²) < 4.78 is 33.5. The van der Waals surface area contributed by atoms with Crippen LogP contribution in [0.25, 0.3) is 0 Å². The van der Waals surface area contributed by atoms with Crippen molar-refractivity contribution in [1.82, 2.24) is 0 Å². The van der Waals surface area contributed by atoms with E-state index in [9.17, 15) is 44.6 Å². The Labute approximate surface area is 356 Å². The van der Waals surface area contributed by atoms with Crippen LogP contribution in [0.4, 0.5) is 0 Å². The molecule has 8 atom stereocenters. The summed E-state index contributed by atoms with van der Waals surface area (Å²) in [7, 11) is -5.11. The monoisotopic (exact) mass is 865 g/mol. The molecule has 1 fully saturated rings. The van der Waals surface area contributed by atoms with Gasteiger partial charge in [0, 0.05) is 12.8 Å². The maximum absolute atomic E-state index is 12.8. The predicted molar refractivity (Wildman–Crippen MR) is 231 cm³/mol. The van der Waals surface area contributed by atoms with Crippen LogP contribution in [-0.4, -0.2) is 98.3 Å². The van der Waals surface area contributed by atoms with Gasteiger partial charge in [-0.2, -0.15) is 0 Å². The van der Waals surface area contributed by atoms with Gasteiger partial charge in [0.25, 0.3) is 0 Å². The highest BCUT2D eigenvalue weighted by molar-refractivity contribution is 7.47. The highest BCUT2D eigenvalue weighted by Gasteiger charge is 2.51. The Kier molecular flexibility index (Phi) is 34.0. The smallest absolute Gasteiger partial charge is 0.462 e. The van der Waals surface area contributed by atoms with E-state index in [1.54, 1.807) is 0 Å². The number of hydrogen-bond donors (Lipinski definition) is 6. The van der Waals surface area contributed by atoms with E-state index in [1.807, 2.05) is 0 Å².